The van der Waals surface area contributed by atoms with Crippen molar-refractivity contribution in [2.24, 2.45) is 0 Å². The SMILES string of the molecule is Nc1nc(Nc2ccc(N3CCNCC3)nc2)nc2c(-c3ccc(OCCN4CCOCC4)cc3F)cccc12.Nc1nc(Nc2ccc(N3CCNCC3)nc2)nc2c(-c3ccccc3F)cccc12. The highest BCUT2D eigenvalue weighted by Crippen LogP contribution is 2.35. The number of nitrogens with one attached hydrogen (secondary N) is 4. The summed E-state index contributed by atoms with van der Waals surface area (Å²) in [5, 5.41) is 14.4. The van der Waals surface area contributed by atoms with Gasteiger partial charge in [-0.25, -0.2) is 28.7 Å². The Kier molecular flexibility index (Phi) is 14.4. The number of piperazine rings is 2. The summed E-state index contributed by atoms with van der Waals surface area (Å²) in [4.78, 5) is 34.1. The number of rotatable bonds is 12. The van der Waals surface area contributed by atoms with Crippen LogP contribution in [0, 0.1) is 11.6 Å². The molecule has 8 N–H and O–H groups in total. The van der Waals surface area contributed by atoms with Gasteiger partial charge >= 0.3 is 0 Å². The second kappa shape index (κ2) is 21.8. The molecule has 11 rings (SSSR count). The molecule has 0 radical (unpaired) electrons. The highest BCUT2D eigenvalue weighted by atomic mass is 19.1. The van der Waals surface area contributed by atoms with Gasteiger partial charge in [0.15, 0.2) is 0 Å². The molecule has 19 heteroatoms. The largest absolute Gasteiger partial charge is 0.492 e. The fourth-order valence-electron chi connectivity index (χ4n) is 8.84. The lowest BCUT2D eigenvalue weighted by atomic mass is 10.0. The first kappa shape index (κ1) is 46.9. The van der Waals surface area contributed by atoms with Crippen LogP contribution in [0.1, 0.15) is 0 Å². The van der Waals surface area contributed by atoms with Crippen LogP contribution in [-0.2, 0) is 4.74 Å². The molecule has 3 fully saturated rings. The molecule has 0 atom stereocenters. The van der Waals surface area contributed by atoms with E-state index in [4.69, 9.17) is 25.9 Å². The number of nitrogen functional groups attached to an aromatic ring is 2. The van der Waals surface area contributed by atoms with Crippen molar-refractivity contribution in [1.29, 1.82) is 0 Å². The molecule has 0 saturated carbocycles. The molecule has 4 aromatic heterocycles. The van der Waals surface area contributed by atoms with Gasteiger partial charge in [0.1, 0.15) is 47.3 Å². The lowest BCUT2D eigenvalue weighted by molar-refractivity contribution is 0.0322. The molecule has 4 aromatic carbocycles. The third-order valence-electron chi connectivity index (χ3n) is 12.6. The van der Waals surface area contributed by atoms with Gasteiger partial charge in [0.25, 0.3) is 0 Å². The van der Waals surface area contributed by atoms with Gasteiger partial charge < -0.3 is 52.0 Å². The van der Waals surface area contributed by atoms with E-state index in [-0.39, 0.29) is 5.82 Å². The topological polar surface area (TPSA) is 206 Å². The van der Waals surface area contributed by atoms with Crippen LogP contribution in [-0.4, -0.2) is 127 Å². The predicted octanol–water partition coefficient (Wildman–Crippen LogP) is 6.84. The van der Waals surface area contributed by atoms with Crippen LogP contribution < -0.4 is 47.3 Å². The number of nitrogens with two attached hydrogens (primary N) is 2. The number of hydrogen-bond donors (Lipinski definition) is 6. The minimum absolute atomic E-state index is 0.309. The molecule has 0 bridgehead atoms. The van der Waals surface area contributed by atoms with E-state index in [1.807, 2.05) is 60.7 Å². The number of para-hydroxylation sites is 2. The molecular formula is C52H55F2N15O2. The van der Waals surface area contributed by atoms with Crippen LogP contribution in [0.2, 0.25) is 0 Å². The predicted molar refractivity (Wildman–Crippen MR) is 277 cm³/mol. The highest BCUT2D eigenvalue weighted by molar-refractivity contribution is 6.00. The molecule has 17 nitrogen and oxygen atoms in total. The lowest BCUT2D eigenvalue weighted by Crippen LogP contribution is -2.43. The van der Waals surface area contributed by atoms with Crippen molar-refractivity contribution < 1.29 is 18.3 Å². The lowest BCUT2D eigenvalue weighted by Gasteiger charge is -2.28. The summed E-state index contributed by atoms with van der Waals surface area (Å²) in [6.07, 6.45) is 3.51. The van der Waals surface area contributed by atoms with Crippen LogP contribution in [0.3, 0.4) is 0 Å². The first-order valence-electron chi connectivity index (χ1n) is 23.8. The van der Waals surface area contributed by atoms with Crippen molar-refractivity contribution in [3.63, 3.8) is 0 Å². The van der Waals surface area contributed by atoms with E-state index >= 15 is 4.39 Å². The van der Waals surface area contributed by atoms with Crippen molar-refractivity contribution in [3.05, 3.63) is 127 Å². The summed E-state index contributed by atoms with van der Waals surface area (Å²) in [6, 6.07) is 30.4. The molecular weight excluding hydrogens is 905 g/mol. The number of anilines is 8. The van der Waals surface area contributed by atoms with Gasteiger partial charge in [0.05, 0.1) is 48.0 Å². The number of hydrogen-bond acceptors (Lipinski definition) is 17. The highest BCUT2D eigenvalue weighted by Gasteiger charge is 2.18. The minimum Gasteiger partial charge on any atom is -0.492 e. The second-order valence-corrected chi connectivity index (χ2v) is 17.2. The van der Waals surface area contributed by atoms with E-state index in [1.165, 1.54) is 12.1 Å². The van der Waals surface area contributed by atoms with Gasteiger partial charge in [-0.3, -0.25) is 4.90 Å². The first-order chi connectivity index (χ1) is 34.8. The summed E-state index contributed by atoms with van der Waals surface area (Å²) < 4.78 is 41.0. The van der Waals surface area contributed by atoms with Crippen molar-refractivity contribution in [2.45, 2.75) is 0 Å². The Hall–Kier alpha value is -7.84. The zero-order valence-electron chi connectivity index (χ0n) is 39.1. The van der Waals surface area contributed by atoms with Gasteiger partial charge in [0, 0.05) is 111 Å². The smallest absolute Gasteiger partial charge is 0.229 e. The Morgan fingerprint density at radius 3 is 1.59 bits per heavy atom. The molecule has 3 aliphatic rings. The molecule has 0 aliphatic carbocycles. The van der Waals surface area contributed by atoms with Crippen LogP contribution in [0.5, 0.6) is 5.75 Å². The fraction of sp³-hybridized carbons (Fsp3) is 0.269. The van der Waals surface area contributed by atoms with Gasteiger partial charge in [-0.2, -0.15) is 9.97 Å². The van der Waals surface area contributed by atoms with E-state index in [1.54, 1.807) is 42.7 Å². The Balaban J connectivity index is 0.000000169. The molecule has 3 aliphatic heterocycles. The van der Waals surface area contributed by atoms with E-state index in [9.17, 15) is 4.39 Å². The Labute approximate surface area is 409 Å². The zero-order valence-corrected chi connectivity index (χ0v) is 39.1. The maximum Gasteiger partial charge on any atom is 0.229 e. The molecule has 71 heavy (non-hydrogen) atoms. The standard InChI is InChI=1S/C29H33FN8O2.C23H22FN7/c30-25-18-21(40-17-14-37-12-15-39-16-13-37)5-6-22(25)23-2-1-3-24-27(23)35-29(36-28(24)31)34-20-4-7-26(33-19-20)38-10-8-32-9-11-38;24-19-7-2-1-4-16(19)17-5-3-6-18-21(17)29-23(30-22(18)25)28-15-8-9-20(27-14-15)31-12-10-26-11-13-31/h1-7,18-19,32H,8-17H2,(H3,31,34,35,36);1-9,14,26H,10-13H2,(H3,25,28,29,30). The third-order valence-corrected chi connectivity index (χ3v) is 12.6. The maximum atomic E-state index is 15.4. The minimum atomic E-state index is -0.393. The molecule has 0 amide bonds. The Bertz CT molecular complexity index is 3090. The number of halogens is 2. The Morgan fingerprint density at radius 1 is 0.563 bits per heavy atom. The van der Waals surface area contributed by atoms with Crippen LogP contribution in [0.4, 0.5) is 55.3 Å². The average molecular weight is 960 g/mol. The monoisotopic (exact) mass is 959 g/mol. The van der Waals surface area contributed by atoms with Crippen LogP contribution in [0.15, 0.2) is 116 Å². The summed E-state index contributed by atoms with van der Waals surface area (Å²) in [5.74, 6) is 2.95. The van der Waals surface area contributed by atoms with Gasteiger partial charge in [0.2, 0.25) is 11.9 Å². The zero-order chi connectivity index (χ0) is 48.5. The number of fused-ring (bicyclic) bond motifs is 2. The number of nitrogens with zero attached hydrogens (tertiary/aromatic N) is 9. The van der Waals surface area contributed by atoms with Gasteiger partial charge in [-0.05, 0) is 54.6 Å². The van der Waals surface area contributed by atoms with Gasteiger partial charge in [-0.15, -0.1) is 0 Å². The summed E-state index contributed by atoms with van der Waals surface area (Å²) in [6.45, 7) is 12.0. The first-order valence-corrected chi connectivity index (χ1v) is 23.8. The number of morpholine rings is 1. The number of pyridine rings is 2. The van der Waals surface area contributed by atoms with Crippen LogP contribution in [0.25, 0.3) is 44.1 Å². The Morgan fingerprint density at radius 2 is 1.08 bits per heavy atom. The van der Waals surface area contributed by atoms with E-state index in [0.29, 0.717) is 79.9 Å². The quantitative estimate of drug-likeness (QED) is 0.0741. The third kappa shape index (κ3) is 11.1. The summed E-state index contributed by atoms with van der Waals surface area (Å²) >= 11 is 0. The average Bonchev–Trinajstić information content (AvgIpc) is 3.40. The summed E-state index contributed by atoms with van der Waals surface area (Å²) in [7, 11) is 0. The van der Waals surface area contributed by atoms with E-state index < -0.39 is 5.82 Å². The van der Waals surface area contributed by atoms with Crippen molar-refractivity contribution >= 4 is 68.3 Å². The van der Waals surface area contributed by atoms with Gasteiger partial charge in [-0.1, -0.05) is 42.5 Å². The molecule has 7 heterocycles. The van der Waals surface area contributed by atoms with Crippen molar-refractivity contribution in [3.8, 4) is 28.0 Å². The normalized spacial score (nSPS) is 15.3. The second-order valence-electron chi connectivity index (χ2n) is 17.2. The number of benzene rings is 4. The van der Waals surface area contributed by atoms with E-state index in [2.05, 4.69) is 60.9 Å². The molecule has 364 valence electrons. The van der Waals surface area contributed by atoms with Crippen molar-refractivity contribution in [2.75, 3.05) is 124 Å². The van der Waals surface area contributed by atoms with Crippen molar-refractivity contribution in [1.82, 2.24) is 45.4 Å². The maximum absolute atomic E-state index is 15.4. The molecule has 0 unspecified atom stereocenters. The van der Waals surface area contributed by atoms with Crippen LogP contribution >= 0.6 is 0 Å². The molecule has 3 saturated heterocycles. The summed E-state index contributed by atoms with van der Waals surface area (Å²) in [5.41, 5.74) is 17.3. The number of ether oxygens (including phenoxy) is 2. The fourth-order valence-corrected chi connectivity index (χ4v) is 8.84. The number of aromatic nitrogens is 6. The van der Waals surface area contributed by atoms with E-state index in [0.717, 1.165) is 108 Å². The molecule has 8 aromatic rings. The molecule has 0 spiro atoms.